The van der Waals surface area contributed by atoms with Gasteiger partial charge in [-0.25, -0.2) is 19.3 Å². The third-order valence-electron chi connectivity index (χ3n) is 6.42. The molecule has 1 atom stereocenters. The van der Waals surface area contributed by atoms with Gasteiger partial charge in [0, 0.05) is 23.9 Å². The largest absolute Gasteiger partial charge is 0.574 e. The molecule has 1 fully saturated rings. The van der Waals surface area contributed by atoms with Gasteiger partial charge in [-0.05, 0) is 43.4 Å². The highest BCUT2D eigenvalue weighted by Gasteiger charge is 2.42. The van der Waals surface area contributed by atoms with Crippen molar-refractivity contribution in [2.24, 2.45) is 0 Å². The molecule has 2 aliphatic rings. The number of hydrogen-bond acceptors (Lipinski definition) is 6. The third kappa shape index (κ3) is 3.69. The molecule has 1 aromatic carbocycles. The summed E-state index contributed by atoms with van der Waals surface area (Å²) in [4.78, 5) is 27.6. The van der Waals surface area contributed by atoms with Crippen LogP contribution in [0.1, 0.15) is 46.9 Å². The van der Waals surface area contributed by atoms with E-state index in [1.165, 1.54) is 30.7 Å². The van der Waals surface area contributed by atoms with Gasteiger partial charge in [0.05, 0.1) is 35.2 Å². The summed E-state index contributed by atoms with van der Waals surface area (Å²) in [6.45, 7) is 0. The number of anilines is 1. The van der Waals surface area contributed by atoms with Gasteiger partial charge in [-0.15, -0.1) is 13.2 Å². The molecule has 3 aromatic heterocycles. The summed E-state index contributed by atoms with van der Waals surface area (Å²) in [5.41, 5.74) is 8.20. The second kappa shape index (κ2) is 7.52. The van der Waals surface area contributed by atoms with Crippen LogP contribution in [-0.4, -0.2) is 42.6 Å². The Morgan fingerprint density at radius 1 is 1.14 bits per heavy atom. The first-order valence-electron chi connectivity index (χ1n) is 11.0. The van der Waals surface area contributed by atoms with E-state index in [9.17, 15) is 18.0 Å². The van der Waals surface area contributed by atoms with Crippen LogP contribution in [0.5, 0.6) is 5.88 Å². The average Bonchev–Trinajstić information content (AvgIpc) is 3.33. The van der Waals surface area contributed by atoms with Crippen LogP contribution in [0.15, 0.2) is 36.8 Å². The Bertz CT molecular complexity index is 1500. The van der Waals surface area contributed by atoms with Crippen molar-refractivity contribution in [1.29, 1.82) is 0 Å². The van der Waals surface area contributed by atoms with Crippen molar-refractivity contribution in [3.05, 3.63) is 59.4 Å². The van der Waals surface area contributed by atoms with E-state index in [4.69, 9.17) is 5.73 Å². The number of aryl methyl sites for hydroxylation is 1. The minimum atomic E-state index is -4.84. The number of imidazole rings is 1. The lowest BCUT2D eigenvalue weighted by Crippen LogP contribution is -2.36. The smallest absolute Gasteiger partial charge is 0.388 e. The number of amides is 1. The topological polar surface area (TPSA) is 98.6 Å². The number of ether oxygens (including phenoxy) is 1. The summed E-state index contributed by atoms with van der Waals surface area (Å²) in [6.07, 6.45) is 0.577. The number of benzene rings is 1. The Morgan fingerprint density at radius 2 is 1.94 bits per heavy atom. The van der Waals surface area contributed by atoms with Crippen LogP contribution in [0.2, 0.25) is 0 Å². The summed E-state index contributed by atoms with van der Waals surface area (Å²) >= 11 is 0. The Kier molecular flexibility index (Phi) is 4.63. The van der Waals surface area contributed by atoms with Gasteiger partial charge in [0.2, 0.25) is 5.88 Å². The Morgan fingerprint density at radius 3 is 2.69 bits per heavy atom. The molecular formula is C23H18F4N6O2. The molecule has 6 rings (SSSR count). The number of nitrogens with zero attached hydrogens (tertiary/aromatic N) is 5. The van der Waals surface area contributed by atoms with Crippen LogP contribution in [0.25, 0.3) is 16.6 Å². The number of rotatable bonds is 4. The number of alkyl halides is 3. The van der Waals surface area contributed by atoms with Crippen LogP contribution in [0.3, 0.4) is 0 Å². The normalized spacial score (nSPS) is 17.7. The number of halogens is 4. The molecule has 8 nitrogen and oxygen atoms in total. The minimum Gasteiger partial charge on any atom is -0.388 e. The second-order valence-corrected chi connectivity index (χ2v) is 8.70. The molecule has 2 N–H and O–H groups in total. The van der Waals surface area contributed by atoms with Crippen molar-refractivity contribution >= 4 is 28.3 Å². The highest BCUT2D eigenvalue weighted by atomic mass is 19.4. The van der Waals surface area contributed by atoms with Gasteiger partial charge < -0.3 is 15.4 Å². The van der Waals surface area contributed by atoms with E-state index in [0.717, 1.165) is 18.9 Å². The van der Waals surface area contributed by atoms with Gasteiger partial charge in [0.15, 0.2) is 0 Å². The maximum Gasteiger partial charge on any atom is 0.574 e. The zero-order valence-electron chi connectivity index (χ0n) is 18.1. The fourth-order valence-corrected chi connectivity index (χ4v) is 4.80. The number of nitrogen functional groups attached to an aromatic ring is 1. The van der Waals surface area contributed by atoms with E-state index < -0.39 is 30.0 Å². The molecule has 0 unspecified atom stereocenters. The molecule has 1 amide bonds. The number of carbonyl (C=O) groups is 1. The van der Waals surface area contributed by atoms with Gasteiger partial charge >= 0.3 is 6.36 Å². The molecule has 180 valence electrons. The molecule has 35 heavy (non-hydrogen) atoms. The first-order valence-corrected chi connectivity index (χ1v) is 11.0. The predicted molar refractivity (Wildman–Crippen MR) is 116 cm³/mol. The first kappa shape index (κ1) is 21.6. The molecule has 3 heterocycles. The summed E-state index contributed by atoms with van der Waals surface area (Å²) in [5, 5.41) is 0. The van der Waals surface area contributed by atoms with Gasteiger partial charge in [-0.1, -0.05) is 0 Å². The van der Waals surface area contributed by atoms with E-state index in [0.29, 0.717) is 35.1 Å². The molecule has 4 aromatic rings. The van der Waals surface area contributed by atoms with Gasteiger partial charge in [-0.2, -0.15) is 0 Å². The van der Waals surface area contributed by atoms with E-state index >= 15 is 4.39 Å². The van der Waals surface area contributed by atoms with Crippen molar-refractivity contribution in [2.75, 3.05) is 5.73 Å². The maximum absolute atomic E-state index is 15.2. The number of pyridine rings is 1. The van der Waals surface area contributed by atoms with E-state index in [2.05, 4.69) is 19.7 Å². The summed E-state index contributed by atoms with van der Waals surface area (Å²) in [5.74, 6) is -1.58. The van der Waals surface area contributed by atoms with Crippen molar-refractivity contribution in [1.82, 2.24) is 24.3 Å². The van der Waals surface area contributed by atoms with E-state index in [1.54, 1.807) is 9.30 Å². The molecule has 0 saturated heterocycles. The van der Waals surface area contributed by atoms with Gasteiger partial charge in [-0.3, -0.25) is 9.20 Å². The van der Waals surface area contributed by atoms with Crippen LogP contribution >= 0.6 is 0 Å². The summed E-state index contributed by atoms with van der Waals surface area (Å²) in [7, 11) is 0. The van der Waals surface area contributed by atoms with Crippen molar-refractivity contribution in [3.63, 3.8) is 0 Å². The summed E-state index contributed by atoms with van der Waals surface area (Å²) in [6, 6.07) is 4.75. The van der Waals surface area contributed by atoms with Gasteiger partial charge in [0.25, 0.3) is 5.91 Å². The SMILES string of the molecule is Nc1nc2cc(F)c(C(=O)N(C3CC3)[C@@H]3CCc4nc(OC(F)(F)F)ccc43)cc2n2cncc12. The quantitative estimate of drug-likeness (QED) is 0.435. The standard InChI is InChI=1S/C23H18F4N6O2/c24-14-8-16-18(32-10-29-9-19(32)21(28)31-16)7-13(14)22(34)33(11-1-2-11)17-5-4-15-12(17)3-6-20(30-15)35-23(25,26)27/h3,6-11,17H,1-2,4-5H2,(H2,28,31)/t17-/m1/s1. The fraction of sp³-hybridized carbons (Fsp3) is 0.304. The summed E-state index contributed by atoms with van der Waals surface area (Å²) < 4.78 is 58.5. The molecule has 0 aliphatic heterocycles. The highest BCUT2D eigenvalue weighted by Crippen LogP contribution is 2.43. The zero-order chi connectivity index (χ0) is 24.5. The average molecular weight is 486 g/mol. The maximum atomic E-state index is 15.2. The number of aromatic nitrogens is 4. The number of fused-ring (bicyclic) bond motifs is 4. The number of hydrogen-bond donors (Lipinski definition) is 1. The van der Waals surface area contributed by atoms with Crippen LogP contribution in [-0.2, 0) is 6.42 Å². The fourth-order valence-electron chi connectivity index (χ4n) is 4.80. The van der Waals surface area contributed by atoms with Crippen LogP contribution < -0.4 is 10.5 Å². The lowest BCUT2D eigenvalue weighted by Gasteiger charge is -2.30. The molecule has 0 spiro atoms. The molecule has 1 saturated carbocycles. The van der Waals surface area contributed by atoms with Crippen molar-refractivity contribution in [2.45, 2.75) is 44.1 Å². The Hall–Kier alpha value is -3.96. The third-order valence-corrected chi connectivity index (χ3v) is 6.42. The molecule has 0 radical (unpaired) electrons. The molecule has 2 aliphatic carbocycles. The number of carbonyl (C=O) groups excluding carboxylic acids is 1. The predicted octanol–water partition coefficient (Wildman–Crippen LogP) is 4.19. The lowest BCUT2D eigenvalue weighted by molar-refractivity contribution is -0.276. The number of nitrogens with two attached hydrogens (primary N) is 1. The highest BCUT2D eigenvalue weighted by molar-refractivity contribution is 5.99. The van der Waals surface area contributed by atoms with Crippen molar-refractivity contribution < 1.29 is 27.1 Å². The molecular weight excluding hydrogens is 468 g/mol. The van der Waals surface area contributed by atoms with E-state index in [1.807, 2.05) is 0 Å². The van der Waals surface area contributed by atoms with Gasteiger partial charge in [0.1, 0.15) is 17.2 Å². The monoisotopic (exact) mass is 486 g/mol. The molecule has 12 heteroatoms. The van der Waals surface area contributed by atoms with Crippen molar-refractivity contribution in [3.8, 4) is 5.88 Å². The van der Waals surface area contributed by atoms with E-state index in [-0.39, 0.29) is 22.9 Å². The van der Waals surface area contributed by atoms with Crippen LogP contribution in [0, 0.1) is 5.82 Å². The van der Waals surface area contributed by atoms with Crippen LogP contribution in [0.4, 0.5) is 23.4 Å². The second-order valence-electron chi connectivity index (χ2n) is 8.70. The lowest BCUT2D eigenvalue weighted by atomic mass is 10.1. The first-order chi connectivity index (χ1) is 16.7. The molecule has 0 bridgehead atoms. The minimum absolute atomic E-state index is 0.0857. The Labute approximate surface area is 195 Å². The zero-order valence-corrected chi connectivity index (χ0v) is 18.1. The Balaban J connectivity index is 1.39.